The van der Waals surface area contributed by atoms with Crippen LogP contribution in [0, 0.1) is 0 Å². The van der Waals surface area contributed by atoms with Crippen LogP contribution in [0.5, 0.6) is 5.75 Å². The van der Waals surface area contributed by atoms with Crippen molar-refractivity contribution in [2.24, 2.45) is 0 Å². The van der Waals surface area contributed by atoms with E-state index in [1.165, 1.54) is 6.42 Å². The number of hydrogen-bond acceptors (Lipinski definition) is 4. The monoisotopic (exact) mass is 361 g/mol. The molecular weight excluding hydrogens is 330 g/mol. The predicted octanol–water partition coefficient (Wildman–Crippen LogP) is 3.28. The maximum Gasteiger partial charge on any atom is 0.321 e. The van der Waals surface area contributed by atoms with Crippen LogP contribution >= 0.6 is 0 Å². The summed E-state index contributed by atoms with van der Waals surface area (Å²) in [6.07, 6.45) is 6.31. The van der Waals surface area contributed by atoms with Gasteiger partial charge in [-0.15, -0.1) is 0 Å². The molecule has 2 rings (SSSR count). The topological polar surface area (TPSA) is 79.5 Å². The van der Waals surface area contributed by atoms with Gasteiger partial charge in [0.25, 0.3) is 0 Å². The zero-order chi connectivity index (χ0) is 18.9. The third-order valence-electron chi connectivity index (χ3n) is 4.95. The molecule has 1 aromatic carbocycles. The number of benzene rings is 1. The second kappa shape index (κ2) is 10.2. The summed E-state index contributed by atoms with van der Waals surface area (Å²) in [4.78, 5) is 24.4. The molecule has 3 N–H and O–H groups in total. The van der Waals surface area contributed by atoms with E-state index in [-0.39, 0.29) is 18.0 Å². The van der Waals surface area contributed by atoms with Gasteiger partial charge in [0, 0.05) is 12.1 Å². The Hall–Kier alpha value is -2.08. The Labute approximate surface area is 156 Å². The van der Waals surface area contributed by atoms with E-state index in [2.05, 4.69) is 22.9 Å². The minimum Gasteiger partial charge on any atom is -0.497 e. The lowest BCUT2D eigenvalue weighted by Gasteiger charge is -2.24. The zero-order valence-corrected chi connectivity index (χ0v) is 16.0. The third kappa shape index (κ3) is 6.02. The van der Waals surface area contributed by atoms with Crippen LogP contribution in [-0.4, -0.2) is 31.1 Å². The Balaban J connectivity index is 1.84. The van der Waals surface area contributed by atoms with E-state index in [1.807, 2.05) is 24.3 Å². The first-order valence-corrected chi connectivity index (χ1v) is 9.54. The molecule has 2 atom stereocenters. The molecule has 26 heavy (non-hydrogen) atoms. The van der Waals surface area contributed by atoms with Gasteiger partial charge in [0.15, 0.2) is 0 Å². The fourth-order valence-electron chi connectivity index (χ4n) is 3.35. The van der Waals surface area contributed by atoms with Crippen molar-refractivity contribution >= 4 is 11.9 Å². The first kappa shape index (κ1) is 20.2. The van der Waals surface area contributed by atoms with Gasteiger partial charge >= 0.3 is 6.03 Å². The summed E-state index contributed by atoms with van der Waals surface area (Å²) in [5.74, 6) is 0.485. The molecule has 0 heterocycles. The lowest BCUT2D eigenvalue weighted by atomic mass is 9.96. The molecule has 1 saturated carbocycles. The summed E-state index contributed by atoms with van der Waals surface area (Å²) in [6.45, 7) is 3.83. The number of nitrogens with one attached hydrogen (secondary N) is 3. The van der Waals surface area contributed by atoms with Gasteiger partial charge in [-0.2, -0.15) is 0 Å². The normalized spacial score (nSPS) is 17.2. The quantitative estimate of drug-likeness (QED) is 0.696. The smallest absolute Gasteiger partial charge is 0.321 e. The van der Waals surface area contributed by atoms with Crippen LogP contribution in [0.25, 0.3) is 0 Å². The standard InChI is InChI=1S/C20H31N3O3/c1-4-18(15-10-12-17(26-3)13-11-15)21-14(2)19(24)23-20(25)22-16-8-6-5-7-9-16/h10-14,16,18,21H,4-9H2,1-3H3,(H2,22,23,24,25)/t14-,18-/m1/s1. The van der Waals surface area contributed by atoms with Crippen molar-refractivity contribution in [1.82, 2.24) is 16.0 Å². The molecule has 0 spiro atoms. The summed E-state index contributed by atoms with van der Waals surface area (Å²) in [6, 6.07) is 7.13. The van der Waals surface area contributed by atoms with Crippen LogP contribution in [0.3, 0.4) is 0 Å². The highest BCUT2D eigenvalue weighted by atomic mass is 16.5. The van der Waals surface area contributed by atoms with Crippen LogP contribution in [0.1, 0.15) is 64.0 Å². The largest absolute Gasteiger partial charge is 0.497 e. The van der Waals surface area contributed by atoms with E-state index in [0.29, 0.717) is 0 Å². The van der Waals surface area contributed by atoms with Crippen LogP contribution in [0.2, 0.25) is 0 Å². The molecule has 0 saturated heterocycles. The average molecular weight is 361 g/mol. The van der Waals surface area contributed by atoms with Gasteiger partial charge in [-0.05, 0) is 43.9 Å². The lowest BCUT2D eigenvalue weighted by Crippen LogP contribution is -2.51. The van der Waals surface area contributed by atoms with Gasteiger partial charge in [-0.25, -0.2) is 4.79 Å². The van der Waals surface area contributed by atoms with Gasteiger partial charge in [-0.1, -0.05) is 38.3 Å². The van der Waals surface area contributed by atoms with Crippen molar-refractivity contribution in [2.45, 2.75) is 70.5 Å². The molecule has 6 heteroatoms. The van der Waals surface area contributed by atoms with Crippen LogP contribution in [-0.2, 0) is 4.79 Å². The van der Waals surface area contributed by atoms with Crippen molar-refractivity contribution < 1.29 is 14.3 Å². The molecule has 3 amide bonds. The second-order valence-corrected chi connectivity index (χ2v) is 6.92. The van der Waals surface area contributed by atoms with Gasteiger partial charge < -0.3 is 10.1 Å². The molecule has 0 bridgehead atoms. The van der Waals surface area contributed by atoms with Gasteiger partial charge in [0.2, 0.25) is 5.91 Å². The summed E-state index contributed by atoms with van der Waals surface area (Å²) in [5.41, 5.74) is 1.08. The number of carbonyl (C=O) groups excluding carboxylic acids is 2. The van der Waals surface area contributed by atoms with Crippen LogP contribution in [0.15, 0.2) is 24.3 Å². The maximum atomic E-state index is 12.3. The number of urea groups is 1. The van der Waals surface area contributed by atoms with E-state index >= 15 is 0 Å². The summed E-state index contributed by atoms with van der Waals surface area (Å²) in [5, 5.41) is 8.65. The molecule has 1 aromatic rings. The minimum atomic E-state index is -0.473. The van der Waals surface area contributed by atoms with Crippen molar-refractivity contribution in [3.63, 3.8) is 0 Å². The number of imide groups is 1. The van der Waals surface area contributed by atoms with Crippen LogP contribution in [0.4, 0.5) is 4.79 Å². The van der Waals surface area contributed by atoms with Gasteiger partial charge in [0.05, 0.1) is 13.2 Å². The van der Waals surface area contributed by atoms with Gasteiger partial charge in [-0.3, -0.25) is 15.4 Å². The Morgan fingerprint density at radius 3 is 2.38 bits per heavy atom. The van der Waals surface area contributed by atoms with E-state index in [1.54, 1.807) is 14.0 Å². The fourth-order valence-corrected chi connectivity index (χ4v) is 3.35. The third-order valence-corrected chi connectivity index (χ3v) is 4.95. The van der Waals surface area contributed by atoms with Gasteiger partial charge in [0.1, 0.15) is 5.75 Å². The molecule has 0 unspecified atom stereocenters. The maximum absolute atomic E-state index is 12.3. The molecule has 1 fully saturated rings. The second-order valence-electron chi connectivity index (χ2n) is 6.92. The van der Waals surface area contributed by atoms with E-state index in [4.69, 9.17) is 4.74 Å². The molecule has 0 aromatic heterocycles. The fraction of sp³-hybridized carbons (Fsp3) is 0.600. The Bertz CT molecular complexity index is 582. The molecule has 1 aliphatic carbocycles. The van der Waals surface area contributed by atoms with Crippen molar-refractivity contribution in [3.8, 4) is 5.75 Å². The Morgan fingerprint density at radius 2 is 1.81 bits per heavy atom. The number of ether oxygens (including phenoxy) is 1. The average Bonchev–Trinajstić information content (AvgIpc) is 2.66. The van der Waals surface area contributed by atoms with Crippen molar-refractivity contribution in [1.29, 1.82) is 0 Å². The minimum absolute atomic E-state index is 0.0306. The Morgan fingerprint density at radius 1 is 1.15 bits per heavy atom. The highest BCUT2D eigenvalue weighted by Gasteiger charge is 2.21. The molecule has 6 nitrogen and oxygen atoms in total. The summed E-state index contributed by atoms with van der Waals surface area (Å²) < 4.78 is 5.18. The van der Waals surface area contributed by atoms with E-state index in [9.17, 15) is 9.59 Å². The van der Waals surface area contributed by atoms with E-state index < -0.39 is 12.1 Å². The number of carbonyl (C=O) groups is 2. The highest BCUT2D eigenvalue weighted by Crippen LogP contribution is 2.20. The Kier molecular flexibility index (Phi) is 7.91. The first-order valence-electron chi connectivity index (χ1n) is 9.54. The number of hydrogen-bond donors (Lipinski definition) is 3. The first-order chi connectivity index (χ1) is 12.5. The predicted molar refractivity (Wildman–Crippen MR) is 102 cm³/mol. The van der Waals surface area contributed by atoms with Crippen molar-refractivity contribution in [2.75, 3.05) is 7.11 Å². The molecular formula is C20H31N3O3. The highest BCUT2D eigenvalue weighted by molar-refractivity contribution is 5.96. The summed E-state index contributed by atoms with van der Waals surface area (Å²) >= 11 is 0. The molecule has 0 radical (unpaired) electrons. The molecule has 144 valence electrons. The number of methoxy groups -OCH3 is 1. The molecule has 0 aliphatic heterocycles. The summed E-state index contributed by atoms with van der Waals surface area (Å²) in [7, 11) is 1.63. The van der Waals surface area contributed by atoms with Crippen LogP contribution < -0.4 is 20.7 Å². The number of rotatable bonds is 7. The van der Waals surface area contributed by atoms with E-state index in [0.717, 1.165) is 43.4 Å². The zero-order valence-electron chi connectivity index (χ0n) is 16.0. The van der Waals surface area contributed by atoms with Crippen molar-refractivity contribution in [3.05, 3.63) is 29.8 Å². The SMILES string of the molecule is CC[C@@H](N[C@H](C)C(=O)NC(=O)NC1CCCCC1)c1ccc(OC)cc1. The lowest BCUT2D eigenvalue weighted by molar-refractivity contribution is -0.121. The molecule has 1 aliphatic rings. The number of amides is 3.